The molecule has 0 bridgehead atoms. The van der Waals surface area contributed by atoms with Crippen molar-refractivity contribution in [1.29, 1.82) is 0 Å². The molecule has 29 heavy (non-hydrogen) atoms. The Hall–Kier alpha value is -2.84. The molecule has 0 saturated carbocycles. The number of morpholine rings is 1. The molecule has 2 aromatic rings. The molecule has 1 fully saturated rings. The summed E-state index contributed by atoms with van der Waals surface area (Å²) in [6, 6.07) is 7.55. The number of halogens is 1. The number of carbonyl (C=O) groups is 2. The van der Waals surface area contributed by atoms with Crippen molar-refractivity contribution >= 4 is 28.9 Å². The molecule has 0 N–H and O–H groups in total. The minimum atomic E-state index is -1.02. The lowest BCUT2D eigenvalue weighted by molar-refractivity contribution is 0.0592. The smallest absolute Gasteiger partial charge is 0.404 e. The number of nitrogens with zero attached hydrogens (tertiary/aromatic N) is 1. The second kappa shape index (κ2) is 9.11. The number of esters is 1. The van der Waals surface area contributed by atoms with Crippen LogP contribution < -0.4 is 10.3 Å². The Morgan fingerprint density at radius 2 is 1.93 bits per heavy atom. The van der Waals surface area contributed by atoms with Gasteiger partial charge in [-0.15, -0.1) is 0 Å². The highest BCUT2D eigenvalue weighted by Gasteiger charge is 2.25. The lowest BCUT2D eigenvalue weighted by atomic mass is 9.95. The Bertz CT molecular complexity index is 966. The van der Waals surface area contributed by atoms with Crippen LogP contribution in [0.3, 0.4) is 0 Å². The van der Waals surface area contributed by atoms with Gasteiger partial charge in [0.15, 0.2) is 11.3 Å². The summed E-state index contributed by atoms with van der Waals surface area (Å²) in [5.41, 5.74) is -0.355. The minimum absolute atomic E-state index is 0.176. The molecule has 1 aliphatic heterocycles. The van der Waals surface area contributed by atoms with Crippen LogP contribution in [0.5, 0.6) is 0 Å². The van der Waals surface area contributed by atoms with E-state index < -0.39 is 17.5 Å². The van der Waals surface area contributed by atoms with Gasteiger partial charge in [0.25, 0.3) is 0 Å². The highest BCUT2D eigenvalue weighted by atomic mass is 35.5. The number of ether oxygens (including phenoxy) is 3. The summed E-state index contributed by atoms with van der Waals surface area (Å²) in [6.07, 6.45) is -0.886. The first-order valence-corrected chi connectivity index (χ1v) is 9.34. The van der Waals surface area contributed by atoms with Crippen LogP contribution in [-0.2, 0) is 14.2 Å². The maximum absolute atomic E-state index is 12.3. The first kappa shape index (κ1) is 20.9. The molecule has 3 rings (SSSR count). The van der Waals surface area contributed by atoms with E-state index in [0.717, 1.165) is 0 Å². The maximum atomic E-state index is 12.3. The van der Waals surface area contributed by atoms with Crippen molar-refractivity contribution in [3.63, 3.8) is 0 Å². The van der Waals surface area contributed by atoms with Crippen molar-refractivity contribution in [2.75, 3.05) is 38.3 Å². The number of carbonyl (C=O) groups excluding carboxylic acids is 2. The van der Waals surface area contributed by atoms with Crippen molar-refractivity contribution in [3.05, 3.63) is 51.7 Å². The summed E-state index contributed by atoms with van der Waals surface area (Å²) in [6.45, 7) is 3.79. The van der Waals surface area contributed by atoms with Gasteiger partial charge >= 0.3 is 11.4 Å². The summed E-state index contributed by atoms with van der Waals surface area (Å²) in [5, 5.41) is 0. The molecule has 8 nitrogen and oxygen atoms in total. The Balaban J connectivity index is 2.14. The van der Waals surface area contributed by atoms with Crippen molar-refractivity contribution in [3.8, 4) is 11.3 Å². The van der Waals surface area contributed by atoms with Crippen LogP contribution >= 0.6 is 11.6 Å². The third-order valence-electron chi connectivity index (χ3n) is 4.53. The lowest BCUT2D eigenvalue weighted by Crippen LogP contribution is -2.36. The number of benzene rings is 1. The highest BCUT2D eigenvalue weighted by Crippen LogP contribution is 2.34. The molecule has 1 aromatic carbocycles. The van der Waals surface area contributed by atoms with Gasteiger partial charge in [0.1, 0.15) is 11.9 Å². The summed E-state index contributed by atoms with van der Waals surface area (Å²) in [4.78, 5) is 37.8. The molecule has 0 aliphatic carbocycles. The summed E-state index contributed by atoms with van der Waals surface area (Å²) in [5.74, 6) is 0.00966. The first-order valence-electron chi connectivity index (χ1n) is 8.96. The van der Waals surface area contributed by atoms with Gasteiger partial charge < -0.3 is 23.5 Å². The van der Waals surface area contributed by atoms with Crippen molar-refractivity contribution in [1.82, 2.24) is 0 Å². The van der Waals surface area contributed by atoms with Crippen LogP contribution in [0, 0.1) is 0 Å². The van der Waals surface area contributed by atoms with Crippen LogP contribution in [-0.4, -0.2) is 44.8 Å². The van der Waals surface area contributed by atoms with E-state index in [0.29, 0.717) is 43.3 Å². The van der Waals surface area contributed by atoms with Crippen LogP contribution in [0.15, 0.2) is 39.5 Å². The van der Waals surface area contributed by atoms with Gasteiger partial charge in [-0.3, -0.25) is 4.79 Å². The molecule has 0 amide bonds. The Morgan fingerprint density at radius 1 is 1.21 bits per heavy atom. The molecule has 2 heterocycles. The van der Waals surface area contributed by atoms with Gasteiger partial charge in [-0.25, -0.2) is 9.59 Å². The van der Waals surface area contributed by atoms with Gasteiger partial charge in [-0.05, 0) is 13.0 Å². The quantitative estimate of drug-likeness (QED) is 0.535. The predicted octanol–water partition coefficient (Wildman–Crippen LogP) is 3.37. The number of hydrogen-bond acceptors (Lipinski definition) is 8. The van der Waals surface area contributed by atoms with Crippen molar-refractivity contribution in [2.45, 2.75) is 13.0 Å². The Kier molecular flexibility index (Phi) is 6.56. The van der Waals surface area contributed by atoms with Crippen molar-refractivity contribution in [2.24, 2.45) is 0 Å². The molecule has 1 aliphatic rings. The topological polar surface area (TPSA) is 95.3 Å². The van der Waals surface area contributed by atoms with E-state index in [1.54, 1.807) is 19.1 Å². The predicted molar refractivity (Wildman–Crippen MR) is 106 cm³/mol. The molecule has 1 unspecified atom stereocenters. The molecule has 1 aromatic heterocycles. The zero-order valence-electron chi connectivity index (χ0n) is 16.0. The SMILES string of the molecule is COC(=O)c1cccc(-c2cc(=O)cc(N3CCOCC3)o2)c1C(C)OC(=O)Cl. The summed E-state index contributed by atoms with van der Waals surface area (Å²) in [7, 11) is 1.25. The van der Waals surface area contributed by atoms with Gasteiger partial charge in [0, 0.05) is 48.0 Å². The van der Waals surface area contributed by atoms with E-state index in [1.165, 1.54) is 25.3 Å². The van der Waals surface area contributed by atoms with Gasteiger partial charge in [0.05, 0.1) is 25.9 Å². The monoisotopic (exact) mass is 421 g/mol. The van der Waals surface area contributed by atoms with Crippen molar-refractivity contribution < 1.29 is 28.2 Å². The maximum Gasteiger partial charge on any atom is 0.404 e. The fraction of sp³-hybridized carbons (Fsp3) is 0.350. The van der Waals surface area contributed by atoms with E-state index in [1.807, 2.05) is 4.90 Å². The average molecular weight is 422 g/mol. The molecular weight excluding hydrogens is 402 g/mol. The zero-order valence-corrected chi connectivity index (χ0v) is 16.7. The molecule has 1 atom stereocenters. The molecule has 154 valence electrons. The van der Waals surface area contributed by atoms with Crippen LogP contribution in [0.4, 0.5) is 10.7 Å². The summed E-state index contributed by atoms with van der Waals surface area (Å²) < 4.78 is 21.2. The van der Waals surface area contributed by atoms with E-state index >= 15 is 0 Å². The molecule has 0 radical (unpaired) electrons. The Labute approximate surface area is 171 Å². The fourth-order valence-electron chi connectivity index (χ4n) is 3.24. The van der Waals surface area contributed by atoms with Crippen LogP contribution in [0.1, 0.15) is 28.9 Å². The van der Waals surface area contributed by atoms with E-state index in [4.69, 9.17) is 30.2 Å². The largest absolute Gasteiger partial charge is 0.465 e. The van der Waals surface area contributed by atoms with Crippen LogP contribution in [0.2, 0.25) is 0 Å². The second-order valence-electron chi connectivity index (χ2n) is 6.35. The first-order chi connectivity index (χ1) is 13.9. The third-order valence-corrected chi connectivity index (χ3v) is 4.62. The average Bonchev–Trinajstić information content (AvgIpc) is 2.72. The van der Waals surface area contributed by atoms with Crippen LogP contribution in [0.25, 0.3) is 11.3 Å². The van der Waals surface area contributed by atoms with Gasteiger partial charge in [-0.2, -0.15) is 0 Å². The molecule has 1 saturated heterocycles. The number of rotatable bonds is 5. The molecule has 0 spiro atoms. The number of methoxy groups -OCH3 is 1. The van der Waals surface area contributed by atoms with E-state index in [2.05, 4.69) is 0 Å². The minimum Gasteiger partial charge on any atom is -0.465 e. The molecular formula is C20H20ClNO7. The van der Waals surface area contributed by atoms with Gasteiger partial charge in [0.2, 0.25) is 0 Å². The Morgan fingerprint density at radius 3 is 2.59 bits per heavy atom. The van der Waals surface area contributed by atoms with Gasteiger partial charge in [-0.1, -0.05) is 12.1 Å². The zero-order chi connectivity index (χ0) is 21.0. The van der Waals surface area contributed by atoms with E-state index in [-0.39, 0.29) is 16.8 Å². The number of hydrogen-bond donors (Lipinski definition) is 0. The fourth-order valence-corrected chi connectivity index (χ4v) is 3.37. The van der Waals surface area contributed by atoms with E-state index in [9.17, 15) is 14.4 Å². The second-order valence-corrected chi connectivity index (χ2v) is 6.66. The lowest BCUT2D eigenvalue weighted by Gasteiger charge is -2.27. The summed E-state index contributed by atoms with van der Waals surface area (Å²) >= 11 is 5.37. The highest BCUT2D eigenvalue weighted by molar-refractivity contribution is 6.61. The molecule has 9 heteroatoms. The third kappa shape index (κ3) is 4.78. The number of anilines is 1. The normalized spacial score (nSPS) is 14.9. The standard InChI is InChI=1S/C20H20ClNO7/c1-12(28-20(21)25)18-14(4-3-5-15(18)19(24)26-2)16-10-13(23)11-17(29-16)22-6-8-27-9-7-22/h3-5,10-12H,6-9H2,1-2H3.